The van der Waals surface area contributed by atoms with Gasteiger partial charge in [-0.2, -0.15) is 0 Å². The van der Waals surface area contributed by atoms with Gasteiger partial charge in [-0.15, -0.1) is 0 Å². The van der Waals surface area contributed by atoms with Gasteiger partial charge >= 0.3 is 12.0 Å². The molecule has 4 amide bonds. The van der Waals surface area contributed by atoms with E-state index < -0.39 is 35.5 Å². The van der Waals surface area contributed by atoms with E-state index in [-0.39, 0.29) is 13.0 Å². The van der Waals surface area contributed by atoms with Crippen LogP contribution in [0.3, 0.4) is 0 Å². The highest BCUT2D eigenvalue weighted by molar-refractivity contribution is 6.31. The number of hydrogen-bond donors (Lipinski definition) is 2. The largest absolute Gasteiger partial charge is 0.495 e. The van der Waals surface area contributed by atoms with Crippen molar-refractivity contribution in [3.63, 3.8) is 0 Å². The van der Waals surface area contributed by atoms with E-state index in [1.54, 1.807) is 26.0 Å². The number of esters is 1. The molecule has 1 aliphatic heterocycles. The van der Waals surface area contributed by atoms with Crippen molar-refractivity contribution in [2.45, 2.75) is 38.8 Å². The van der Waals surface area contributed by atoms with Gasteiger partial charge in [-0.25, -0.2) is 4.79 Å². The van der Waals surface area contributed by atoms with Gasteiger partial charge in [0.15, 0.2) is 6.10 Å². The number of imide groups is 1. The normalized spacial score (nSPS) is 16.4. The number of rotatable bonds is 7. The molecule has 1 saturated heterocycles. The van der Waals surface area contributed by atoms with Crippen molar-refractivity contribution in [2.24, 2.45) is 0 Å². The molecule has 0 aromatic heterocycles. The number of carbonyl (C=O) groups excluding carboxylic acids is 4. The quantitative estimate of drug-likeness (QED) is 0.523. The number of benzene rings is 1. The van der Waals surface area contributed by atoms with Crippen molar-refractivity contribution in [2.75, 3.05) is 19.0 Å². The summed E-state index contributed by atoms with van der Waals surface area (Å²) in [4.78, 5) is 49.1. The van der Waals surface area contributed by atoms with Crippen LogP contribution >= 0.6 is 11.6 Å². The molecule has 0 radical (unpaired) electrons. The highest BCUT2D eigenvalue weighted by Crippen LogP contribution is 2.27. The Morgan fingerprint density at radius 3 is 2.57 bits per heavy atom. The van der Waals surface area contributed by atoms with Crippen LogP contribution in [0.2, 0.25) is 5.02 Å². The first-order chi connectivity index (χ1) is 13.0. The van der Waals surface area contributed by atoms with E-state index >= 15 is 0 Å². The molecule has 0 spiro atoms. The van der Waals surface area contributed by atoms with E-state index in [2.05, 4.69) is 10.6 Å². The Morgan fingerprint density at radius 1 is 1.32 bits per heavy atom. The third-order valence-corrected chi connectivity index (χ3v) is 4.32. The van der Waals surface area contributed by atoms with Crippen LogP contribution in [0.4, 0.5) is 10.5 Å². The van der Waals surface area contributed by atoms with Crippen molar-refractivity contribution < 1.29 is 28.7 Å². The van der Waals surface area contributed by atoms with Gasteiger partial charge in [0.2, 0.25) is 0 Å². The Labute approximate surface area is 167 Å². The summed E-state index contributed by atoms with van der Waals surface area (Å²) in [6.07, 6.45) is -1.33. The molecule has 2 N–H and O–H groups in total. The second kappa shape index (κ2) is 8.47. The van der Waals surface area contributed by atoms with E-state index in [4.69, 9.17) is 21.1 Å². The Kier molecular flexibility index (Phi) is 6.50. The summed E-state index contributed by atoms with van der Waals surface area (Å²) >= 11 is 5.91. The van der Waals surface area contributed by atoms with Crippen LogP contribution in [0.25, 0.3) is 0 Å². The van der Waals surface area contributed by atoms with Crippen LogP contribution in [-0.4, -0.2) is 54.0 Å². The second-order valence-corrected chi connectivity index (χ2v) is 7.16. The monoisotopic (exact) mass is 411 g/mol. The SMILES string of the molecule is COc1ccc(Cl)cc1NC(=O)[C@H](C)OC(=O)CCN1C(=O)NC(C)(C)C1=O. The van der Waals surface area contributed by atoms with Crippen LogP contribution in [0, 0.1) is 0 Å². The lowest BCUT2D eigenvalue weighted by molar-refractivity contribution is -0.153. The fourth-order valence-corrected chi connectivity index (χ4v) is 2.72. The molecule has 0 saturated carbocycles. The predicted octanol–water partition coefficient (Wildman–Crippen LogP) is 1.94. The Hall–Kier alpha value is -2.81. The molecule has 28 heavy (non-hydrogen) atoms. The zero-order valence-corrected chi connectivity index (χ0v) is 16.8. The van der Waals surface area contributed by atoms with Crippen LogP contribution in [-0.2, 0) is 19.1 Å². The molecule has 1 fully saturated rings. The molecular weight excluding hydrogens is 390 g/mol. The first kappa shape index (κ1) is 21.5. The summed E-state index contributed by atoms with van der Waals surface area (Å²) in [6, 6.07) is 4.14. The van der Waals surface area contributed by atoms with E-state index in [9.17, 15) is 19.2 Å². The number of methoxy groups -OCH3 is 1. The zero-order chi connectivity index (χ0) is 21.1. The van der Waals surface area contributed by atoms with Gasteiger partial charge in [0.25, 0.3) is 11.8 Å². The maximum absolute atomic E-state index is 12.3. The van der Waals surface area contributed by atoms with E-state index in [0.29, 0.717) is 16.5 Å². The number of anilines is 1. The summed E-state index contributed by atoms with van der Waals surface area (Å²) in [5.74, 6) is -1.32. The number of nitrogens with zero attached hydrogens (tertiary/aromatic N) is 1. The van der Waals surface area contributed by atoms with Crippen molar-refractivity contribution in [1.29, 1.82) is 0 Å². The molecule has 9 nitrogen and oxygen atoms in total. The molecule has 2 rings (SSSR count). The molecule has 1 aromatic carbocycles. The third kappa shape index (κ3) is 4.92. The average Bonchev–Trinajstić information content (AvgIpc) is 2.80. The predicted molar refractivity (Wildman–Crippen MR) is 101 cm³/mol. The third-order valence-electron chi connectivity index (χ3n) is 4.08. The van der Waals surface area contributed by atoms with Crippen molar-refractivity contribution in [1.82, 2.24) is 10.2 Å². The molecule has 10 heteroatoms. The molecule has 1 aliphatic rings. The number of urea groups is 1. The van der Waals surface area contributed by atoms with Crippen LogP contribution in [0.15, 0.2) is 18.2 Å². The summed E-state index contributed by atoms with van der Waals surface area (Å²) < 4.78 is 10.2. The summed E-state index contributed by atoms with van der Waals surface area (Å²) in [7, 11) is 1.44. The van der Waals surface area contributed by atoms with E-state index in [1.807, 2.05) is 0 Å². The molecule has 1 aromatic rings. The summed E-state index contributed by atoms with van der Waals surface area (Å²) in [5, 5.41) is 5.49. The summed E-state index contributed by atoms with van der Waals surface area (Å²) in [6.45, 7) is 4.41. The lowest BCUT2D eigenvalue weighted by atomic mass is 10.1. The maximum Gasteiger partial charge on any atom is 0.325 e. The number of nitrogens with one attached hydrogen (secondary N) is 2. The van der Waals surface area contributed by atoms with Crippen molar-refractivity contribution >= 4 is 41.1 Å². The molecule has 1 atom stereocenters. The zero-order valence-electron chi connectivity index (χ0n) is 16.0. The lowest BCUT2D eigenvalue weighted by Crippen LogP contribution is -2.40. The minimum absolute atomic E-state index is 0.136. The van der Waals surface area contributed by atoms with Gasteiger partial charge in [-0.1, -0.05) is 11.6 Å². The Balaban J connectivity index is 1.88. The van der Waals surface area contributed by atoms with Gasteiger partial charge < -0.3 is 20.1 Å². The van der Waals surface area contributed by atoms with Gasteiger partial charge in [0.05, 0.1) is 19.2 Å². The molecule has 1 heterocycles. The Morgan fingerprint density at radius 2 is 2.00 bits per heavy atom. The average molecular weight is 412 g/mol. The molecule has 152 valence electrons. The highest BCUT2D eigenvalue weighted by Gasteiger charge is 2.44. The number of halogens is 1. The molecule has 0 aliphatic carbocycles. The highest BCUT2D eigenvalue weighted by atomic mass is 35.5. The van der Waals surface area contributed by atoms with Gasteiger partial charge in [-0.05, 0) is 39.0 Å². The number of carbonyl (C=O) groups is 4. The summed E-state index contributed by atoms with van der Waals surface area (Å²) in [5.41, 5.74) is -0.672. The van der Waals surface area contributed by atoms with Gasteiger partial charge in [0, 0.05) is 11.6 Å². The van der Waals surface area contributed by atoms with Gasteiger partial charge in [0.1, 0.15) is 11.3 Å². The van der Waals surface area contributed by atoms with Gasteiger partial charge in [-0.3, -0.25) is 19.3 Å². The minimum atomic E-state index is -1.10. The lowest BCUT2D eigenvalue weighted by Gasteiger charge is -2.17. The molecule has 0 unspecified atom stereocenters. The fourth-order valence-electron chi connectivity index (χ4n) is 2.55. The molecular formula is C18H22ClN3O6. The van der Waals surface area contributed by atoms with Crippen LogP contribution < -0.4 is 15.4 Å². The van der Waals surface area contributed by atoms with Crippen LogP contribution in [0.1, 0.15) is 27.2 Å². The second-order valence-electron chi connectivity index (χ2n) is 6.73. The smallest absolute Gasteiger partial charge is 0.325 e. The number of ether oxygens (including phenoxy) is 2. The van der Waals surface area contributed by atoms with Crippen molar-refractivity contribution in [3.8, 4) is 5.75 Å². The number of hydrogen-bond acceptors (Lipinski definition) is 6. The van der Waals surface area contributed by atoms with E-state index in [0.717, 1.165) is 4.90 Å². The maximum atomic E-state index is 12.3. The molecule has 0 bridgehead atoms. The number of amides is 4. The fraction of sp³-hybridized carbons (Fsp3) is 0.444. The Bertz CT molecular complexity index is 811. The van der Waals surface area contributed by atoms with Crippen LogP contribution in [0.5, 0.6) is 5.75 Å². The first-order valence-electron chi connectivity index (χ1n) is 8.53. The minimum Gasteiger partial charge on any atom is -0.495 e. The first-order valence-corrected chi connectivity index (χ1v) is 8.91. The topological polar surface area (TPSA) is 114 Å². The van der Waals surface area contributed by atoms with Crippen molar-refractivity contribution in [3.05, 3.63) is 23.2 Å². The standard InChI is InChI=1S/C18H22ClN3O6/c1-10(15(24)20-12-9-11(19)5-6-13(12)27-4)28-14(23)7-8-22-16(25)18(2,3)21-17(22)26/h5-6,9-10H,7-8H2,1-4H3,(H,20,24)(H,21,26)/t10-/m0/s1. The van der Waals surface area contributed by atoms with E-state index in [1.165, 1.54) is 20.1 Å².